The maximum absolute atomic E-state index is 13.5. The molecule has 9 heteroatoms. The van der Waals surface area contributed by atoms with Gasteiger partial charge in [-0.3, -0.25) is 9.59 Å². The van der Waals surface area contributed by atoms with Crippen molar-refractivity contribution in [3.8, 4) is 0 Å². The minimum Gasteiger partial charge on any atom is -0.451 e. The van der Waals surface area contributed by atoms with E-state index in [1.54, 1.807) is 24.3 Å². The predicted octanol–water partition coefficient (Wildman–Crippen LogP) is 3.76. The topological polar surface area (TPSA) is 113 Å². The second kappa shape index (κ2) is 11.5. The van der Waals surface area contributed by atoms with E-state index < -0.39 is 52.4 Å². The molecular formula is C29H28N2O6S. The van der Waals surface area contributed by atoms with Crippen LogP contribution in [0.25, 0.3) is 0 Å². The molecule has 8 nitrogen and oxygen atoms in total. The van der Waals surface area contributed by atoms with Gasteiger partial charge in [0.05, 0.1) is 0 Å². The van der Waals surface area contributed by atoms with Crippen molar-refractivity contribution in [3.05, 3.63) is 119 Å². The molecule has 1 heterocycles. The van der Waals surface area contributed by atoms with Gasteiger partial charge in [-0.2, -0.15) is 0 Å². The highest BCUT2D eigenvalue weighted by molar-refractivity contribution is 7.80. The van der Waals surface area contributed by atoms with Crippen molar-refractivity contribution >= 4 is 28.9 Å². The molecule has 0 aromatic heterocycles. The summed E-state index contributed by atoms with van der Waals surface area (Å²) < 4.78 is 28.3. The molecule has 196 valence electrons. The monoisotopic (exact) mass is 532 g/mol. The van der Waals surface area contributed by atoms with Crippen LogP contribution in [0.4, 0.5) is 0 Å². The SMILES string of the molecule is C=C(C)C(C(=O)OC(c1ccccc1)c1ccccc1)N1C(=O)C(NC(=O)c2ccc(C)cc2)C1S(=O)O. The van der Waals surface area contributed by atoms with Crippen LogP contribution in [0.1, 0.15) is 40.1 Å². The van der Waals surface area contributed by atoms with Gasteiger partial charge in [0, 0.05) is 5.56 Å². The number of aryl methyl sites for hydroxylation is 1. The highest BCUT2D eigenvalue weighted by Crippen LogP contribution is 2.32. The lowest BCUT2D eigenvalue weighted by Gasteiger charge is -2.48. The second-order valence-corrected chi connectivity index (χ2v) is 10.2. The number of benzene rings is 3. The average Bonchev–Trinajstić information content (AvgIpc) is 2.91. The molecule has 4 unspecified atom stereocenters. The number of likely N-dealkylation sites (tertiary alicyclic amines) is 1. The summed E-state index contributed by atoms with van der Waals surface area (Å²) in [7, 11) is 0. The van der Waals surface area contributed by atoms with Crippen LogP contribution >= 0.6 is 0 Å². The van der Waals surface area contributed by atoms with Gasteiger partial charge in [-0.05, 0) is 42.7 Å². The van der Waals surface area contributed by atoms with Gasteiger partial charge in [-0.25, -0.2) is 9.00 Å². The second-order valence-electron chi connectivity index (χ2n) is 9.12. The molecule has 3 aromatic carbocycles. The van der Waals surface area contributed by atoms with Gasteiger partial charge in [0.1, 0.15) is 6.04 Å². The van der Waals surface area contributed by atoms with Crippen molar-refractivity contribution in [1.82, 2.24) is 10.2 Å². The highest BCUT2D eigenvalue weighted by Gasteiger charge is 2.56. The van der Waals surface area contributed by atoms with Crippen LogP contribution in [-0.2, 0) is 25.4 Å². The highest BCUT2D eigenvalue weighted by atomic mass is 32.2. The summed E-state index contributed by atoms with van der Waals surface area (Å²) in [6, 6.07) is 22.3. The van der Waals surface area contributed by atoms with Crippen LogP contribution in [0.15, 0.2) is 97.1 Å². The van der Waals surface area contributed by atoms with Crippen molar-refractivity contribution in [2.45, 2.75) is 37.4 Å². The van der Waals surface area contributed by atoms with E-state index in [1.807, 2.05) is 67.6 Å². The van der Waals surface area contributed by atoms with E-state index in [1.165, 1.54) is 6.92 Å². The third kappa shape index (κ3) is 5.58. The molecule has 4 rings (SSSR count). The number of nitrogens with one attached hydrogen (secondary N) is 1. The Hall–Kier alpha value is -4.08. The Balaban J connectivity index is 1.58. The summed E-state index contributed by atoms with van der Waals surface area (Å²) in [4.78, 5) is 40.4. The number of carbonyl (C=O) groups is 3. The Morgan fingerprint density at radius 2 is 1.50 bits per heavy atom. The summed E-state index contributed by atoms with van der Waals surface area (Å²) >= 11 is -2.58. The molecule has 1 saturated heterocycles. The Morgan fingerprint density at radius 1 is 0.974 bits per heavy atom. The number of β-lactam (4-membered cyclic amide) rings is 1. The Morgan fingerprint density at radius 3 is 1.97 bits per heavy atom. The van der Waals surface area contributed by atoms with Crippen molar-refractivity contribution in [2.75, 3.05) is 0 Å². The molecule has 0 aliphatic carbocycles. The standard InChI is InChI=1S/C29H28N2O6S/c1-18(2)24(29(34)37-25(20-10-6-4-7-11-20)21-12-8-5-9-13-21)31-27(33)23(28(31)38(35)36)30-26(32)22-16-14-19(3)15-17-22/h4-17,23-25,28H,1H2,2-3H3,(H,30,32)(H,35,36). The molecule has 3 aromatic rings. The summed E-state index contributed by atoms with van der Waals surface area (Å²) in [5.74, 6) is -2.05. The minimum atomic E-state index is -2.58. The van der Waals surface area contributed by atoms with Gasteiger partial charge in [0.2, 0.25) is 0 Å². The number of esters is 1. The summed E-state index contributed by atoms with van der Waals surface area (Å²) in [6.45, 7) is 7.25. The molecule has 1 aliphatic rings. The molecule has 0 spiro atoms. The zero-order valence-corrected chi connectivity index (χ0v) is 21.8. The zero-order chi connectivity index (χ0) is 27.4. The molecule has 38 heavy (non-hydrogen) atoms. The lowest BCUT2D eigenvalue weighted by atomic mass is 9.98. The van der Waals surface area contributed by atoms with Crippen molar-refractivity contribution in [2.24, 2.45) is 0 Å². The zero-order valence-electron chi connectivity index (χ0n) is 20.9. The van der Waals surface area contributed by atoms with Gasteiger partial charge in [-0.15, -0.1) is 0 Å². The van der Waals surface area contributed by atoms with Crippen LogP contribution in [0.3, 0.4) is 0 Å². The van der Waals surface area contributed by atoms with E-state index in [4.69, 9.17) is 4.74 Å². The fraction of sp³-hybridized carbons (Fsp3) is 0.207. The first-order valence-corrected chi connectivity index (χ1v) is 13.1. The number of rotatable bonds is 9. The first-order chi connectivity index (χ1) is 18.2. The third-order valence-corrected chi connectivity index (χ3v) is 7.21. The normalized spacial score (nSPS) is 18.3. The molecule has 2 amide bonds. The molecule has 1 fully saturated rings. The summed E-state index contributed by atoms with van der Waals surface area (Å²) in [6.07, 6.45) is -0.779. The number of amides is 2. The lowest BCUT2D eigenvalue weighted by molar-refractivity contribution is -0.164. The fourth-order valence-electron chi connectivity index (χ4n) is 4.35. The third-order valence-electron chi connectivity index (χ3n) is 6.29. The van der Waals surface area contributed by atoms with E-state index in [0.717, 1.165) is 10.5 Å². The van der Waals surface area contributed by atoms with Crippen LogP contribution in [0.5, 0.6) is 0 Å². The molecule has 0 radical (unpaired) electrons. The van der Waals surface area contributed by atoms with Crippen LogP contribution in [0.2, 0.25) is 0 Å². The van der Waals surface area contributed by atoms with Gasteiger partial charge >= 0.3 is 5.97 Å². The number of ether oxygens (including phenoxy) is 1. The van der Waals surface area contributed by atoms with E-state index in [9.17, 15) is 23.1 Å². The number of hydrogen-bond donors (Lipinski definition) is 2. The maximum Gasteiger partial charge on any atom is 0.334 e. The maximum atomic E-state index is 13.5. The van der Waals surface area contributed by atoms with E-state index >= 15 is 0 Å². The molecule has 0 bridgehead atoms. The Labute approximate surface area is 223 Å². The van der Waals surface area contributed by atoms with E-state index in [-0.39, 0.29) is 5.57 Å². The van der Waals surface area contributed by atoms with Crippen LogP contribution in [0, 0.1) is 6.92 Å². The summed E-state index contributed by atoms with van der Waals surface area (Å²) in [5.41, 5.74) is 2.94. The Bertz CT molecular complexity index is 1320. The van der Waals surface area contributed by atoms with Gasteiger partial charge in [0.15, 0.2) is 28.6 Å². The predicted molar refractivity (Wildman–Crippen MR) is 143 cm³/mol. The number of hydrogen-bond acceptors (Lipinski definition) is 5. The molecule has 0 saturated carbocycles. The van der Waals surface area contributed by atoms with Crippen molar-refractivity contribution in [1.29, 1.82) is 0 Å². The minimum absolute atomic E-state index is 0.252. The van der Waals surface area contributed by atoms with Gasteiger partial charge in [0.25, 0.3) is 11.8 Å². The first-order valence-electron chi connectivity index (χ1n) is 11.9. The molecular weight excluding hydrogens is 504 g/mol. The molecule has 2 N–H and O–H groups in total. The first kappa shape index (κ1) is 27.0. The fourth-order valence-corrected chi connectivity index (χ4v) is 5.19. The Kier molecular flexibility index (Phi) is 8.19. The van der Waals surface area contributed by atoms with Crippen LogP contribution < -0.4 is 5.32 Å². The average molecular weight is 533 g/mol. The van der Waals surface area contributed by atoms with Crippen molar-refractivity contribution < 1.29 is 27.9 Å². The van der Waals surface area contributed by atoms with E-state index in [0.29, 0.717) is 16.7 Å². The van der Waals surface area contributed by atoms with Crippen molar-refractivity contribution in [3.63, 3.8) is 0 Å². The van der Waals surface area contributed by atoms with Gasteiger partial charge in [-0.1, -0.05) is 84.9 Å². The number of carbonyl (C=O) groups excluding carboxylic acids is 3. The van der Waals surface area contributed by atoms with Crippen LogP contribution in [-0.4, -0.2) is 48.9 Å². The lowest BCUT2D eigenvalue weighted by Crippen LogP contribution is -2.75. The van der Waals surface area contributed by atoms with E-state index in [2.05, 4.69) is 11.9 Å². The molecule has 4 atom stereocenters. The molecule has 1 aliphatic heterocycles. The smallest absolute Gasteiger partial charge is 0.334 e. The van der Waals surface area contributed by atoms with Gasteiger partial charge < -0.3 is 19.5 Å². The largest absolute Gasteiger partial charge is 0.451 e. The quantitative estimate of drug-likeness (QED) is 0.188. The number of nitrogens with zero attached hydrogens (tertiary/aromatic N) is 1. The summed E-state index contributed by atoms with van der Waals surface area (Å²) in [5, 5.41) is 1.16.